The van der Waals surface area contributed by atoms with Gasteiger partial charge in [0.1, 0.15) is 11.8 Å². The number of nitrogens with one attached hydrogen (secondary N) is 2. The molecule has 0 spiro atoms. The van der Waals surface area contributed by atoms with Crippen LogP contribution in [-0.4, -0.2) is 34.7 Å². The van der Waals surface area contributed by atoms with Gasteiger partial charge in [0.15, 0.2) is 5.76 Å². The molecule has 2 N–H and O–H groups in total. The molecule has 2 amide bonds. The van der Waals surface area contributed by atoms with E-state index in [2.05, 4.69) is 15.7 Å². The summed E-state index contributed by atoms with van der Waals surface area (Å²) >= 11 is 0. The molecular weight excluding hydrogens is 392 g/mol. The molecule has 2 aromatic heterocycles. The van der Waals surface area contributed by atoms with Gasteiger partial charge in [0.05, 0.1) is 6.20 Å². The summed E-state index contributed by atoms with van der Waals surface area (Å²) in [6.45, 7) is 0. The number of nitrogens with zero attached hydrogens (tertiary/aromatic N) is 2. The fourth-order valence-corrected chi connectivity index (χ4v) is 4.25. The van der Waals surface area contributed by atoms with Crippen molar-refractivity contribution >= 4 is 11.8 Å². The van der Waals surface area contributed by atoms with Gasteiger partial charge >= 0.3 is 0 Å². The minimum Gasteiger partial charge on any atom is -0.451 e. The first-order valence-corrected chi connectivity index (χ1v) is 10.8. The molecule has 1 aliphatic rings. The van der Waals surface area contributed by atoms with E-state index < -0.39 is 6.04 Å². The molecule has 3 aromatic rings. The van der Waals surface area contributed by atoms with E-state index in [9.17, 15) is 9.59 Å². The van der Waals surface area contributed by atoms with Crippen LogP contribution in [0.5, 0.6) is 0 Å². The second-order valence-corrected chi connectivity index (χ2v) is 8.11. The van der Waals surface area contributed by atoms with Crippen molar-refractivity contribution in [1.29, 1.82) is 0 Å². The van der Waals surface area contributed by atoms with Gasteiger partial charge in [-0.2, -0.15) is 5.10 Å². The summed E-state index contributed by atoms with van der Waals surface area (Å²) in [7, 11) is 3.49. The van der Waals surface area contributed by atoms with E-state index in [-0.39, 0.29) is 23.5 Å². The molecule has 0 saturated heterocycles. The minimum absolute atomic E-state index is 0.155. The number of likely N-dealkylation sites (N-methyl/N-ethyl adjacent to an activating group) is 1. The van der Waals surface area contributed by atoms with Crippen molar-refractivity contribution in [3.63, 3.8) is 0 Å². The zero-order valence-electron chi connectivity index (χ0n) is 17.9. The lowest BCUT2D eigenvalue weighted by atomic mass is 9.83. The first-order chi connectivity index (χ1) is 15.0. The SMILES string of the molecule is CNC(=O)[C@@H](NC(=O)c1ccc(-c2ccc(-c3cnn(C)c3)cc2)o1)C1CCCCC1. The highest BCUT2D eigenvalue weighted by Gasteiger charge is 2.31. The van der Waals surface area contributed by atoms with Crippen LogP contribution < -0.4 is 10.6 Å². The molecule has 2 heterocycles. The fraction of sp³-hybridized carbons (Fsp3) is 0.375. The smallest absolute Gasteiger partial charge is 0.287 e. The van der Waals surface area contributed by atoms with Gasteiger partial charge in [-0.3, -0.25) is 14.3 Å². The van der Waals surface area contributed by atoms with E-state index in [1.54, 1.807) is 23.9 Å². The Balaban J connectivity index is 1.47. The zero-order chi connectivity index (χ0) is 21.8. The summed E-state index contributed by atoms with van der Waals surface area (Å²) in [6.07, 6.45) is 9.04. The lowest BCUT2D eigenvalue weighted by molar-refractivity contribution is -0.124. The predicted molar refractivity (Wildman–Crippen MR) is 118 cm³/mol. The highest BCUT2D eigenvalue weighted by atomic mass is 16.4. The van der Waals surface area contributed by atoms with Crippen molar-refractivity contribution in [2.75, 3.05) is 7.05 Å². The van der Waals surface area contributed by atoms with Crippen LogP contribution in [0.4, 0.5) is 0 Å². The number of furan rings is 1. The van der Waals surface area contributed by atoms with Crippen LogP contribution in [0, 0.1) is 5.92 Å². The predicted octanol–water partition coefficient (Wildman–Crippen LogP) is 3.77. The molecule has 162 valence electrons. The average Bonchev–Trinajstić information content (AvgIpc) is 3.47. The van der Waals surface area contributed by atoms with Crippen LogP contribution in [-0.2, 0) is 11.8 Å². The molecule has 7 nitrogen and oxygen atoms in total. The highest BCUT2D eigenvalue weighted by Crippen LogP contribution is 2.28. The minimum atomic E-state index is -0.537. The quantitative estimate of drug-likeness (QED) is 0.635. The molecule has 7 heteroatoms. The highest BCUT2D eigenvalue weighted by molar-refractivity contribution is 5.96. The van der Waals surface area contributed by atoms with Gasteiger partial charge in [-0.05, 0) is 36.5 Å². The Labute approximate surface area is 181 Å². The Hall–Kier alpha value is -3.35. The summed E-state index contributed by atoms with van der Waals surface area (Å²) in [6, 6.07) is 10.8. The molecule has 0 unspecified atom stereocenters. The number of hydrogen-bond donors (Lipinski definition) is 2. The maximum atomic E-state index is 12.8. The molecule has 0 aliphatic heterocycles. The summed E-state index contributed by atoms with van der Waals surface area (Å²) in [4.78, 5) is 25.2. The molecule has 0 radical (unpaired) electrons. The van der Waals surface area contributed by atoms with Gasteiger partial charge < -0.3 is 15.1 Å². The maximum absolute atomic E-state index is 12.8. The van der Waals surface area contributed by atoms with Gasteiger partial charge in [0.25, 0.3) is 5.91 Å². The van der Waals surface area contributed by atoms with Crippen LogP contribution in [0.15, 0.2) is 53.2 Å². The number of amides is 2. The number of hydrogen-bond acceptors (Lipinski definition) is 4. The topological polar surface area (TPSA) is 89.2 Å². The summed E-state index contributed by atoms with van der Waals surface area (Å²) in [5.41, 5.74) is 2.97. The van der Waals surface area contributed by atoms with Gasteiger partial charge in [0.2, 0.25) is 5.91 Å². The van der Waals surface area contributed by atoms with Crippen LogP contribution >= 0.6 is 0 Å². The number of benzene rings is 1. The van der Waals surface area contributed by atoms with Crippen molar-refractivity contribution in [3.8, 4) is 22.5 Å². The average molecular weight is 421 g/mol. The molecule has 1 saturated carbocycles. The first-order valence-electron chi connectivity index (χ1n) is 10.8. The van der Waals surface area contributed by atoms with Crippen molar-refractivity contribution in [2.45, 2.75) is 38.1 Å². The van der Waals surface area contributed by atoms with E-state index in [0.717, 1.165) is 42.4 Å². The molecule has 4 rings (SSSR count). The standard InChI is InChI=1S/C24H28N4O3/c1-25-24(30)22(18-6-4-3-5-7-18)27-23(29)21-13-12-20(31-21)17-10-8-16(9-11-17)19-14-26-28(2)15-19/h8-15,18,22H,3-7H2,1-2H3,(H,25,30)(H,27,29)/t22-/m0/s1. The lowest BCUT2D eigenvalue weighted by Gasteiger charge is -2.29. The summed E-state index contributed by atoms with van der Waals surface area (Å²) in [5.74, 6) is 0.454. The Kier molecular flexibility index (Phi) is 6.21. The molecular formula is C24H28N4O3. The molecule has 0 bridgehead atoms. The van der Waals surface area contributed by atoms with Crippen molar-refractivity contribution in [1.82, 2.24) is 20.4 Å². The maximum Gasteiger partial charge on any atom is 0.287 e. The molecule has 31 heavy (non-hydrogen) atoms. The number of aryl methyl sites for hydroxylation is 1. The second-order valence-electron chi connectivity index (χ2n) is 8.11. The van der Waals surface area contributed by atoms with E-state index in [0.29, 0.717) is 5.76 Å². The van der Waals surface area contributed by atoms with E-state index >= 15 is 0 Å². The van der Waals surface area contributed by atoms with Crippen LogP contribution in [0.1, 0.15) is 42.7 Å². The van der Waals surface area contributed by atoms with Crippen molar-refractivity contribution in [2.24, 2.45) is 13.0 Å². The molecule has 1 aliphatic carbocycles. The van der Waals surface area contributed by atoms with E-state index in [1.165, 1.54) is 6.42 Å². The second kappa shape index (κ2) is 9.20. The Morgan fingerprint density at radius 1 is 1.03 bits per heavy atom. The molecule has 1 aromatic carbocycles. The fourth-order valence-electron chi connectivity index (χ4n) is 4.25. The summed E-state index contributed by atoms with van der Waals surface area (Å²) < 4.78 is 7.59. The number of rotatable bonds is 6. The number of carbonyl (C=O) groups excluding carboxylic acids is 2. The van der Waals surface area contributed by atoms with Gasteiger partial charge in [-0.1, -0.05) is 43.5 Å². The van der Waals surface area contributed by atoms with Gasteiger partial charge in [-0.25, -0.2) is 0 Å². The monoisotopic (exact) mass is 420 g/mol. The molecule has 1 fully saturated rings. The summed E-state index contributed by atoms with van der Waals surface area (Å²) in [5, 5.41) is 9.78. The largest absolute Gasteiger partial charge is 0.451 e. The van der Waals surface area contributed by atoms with Crippen molar-refractivity contribution in [3.05, 3.63) is 54.6 Å². The third-order valence-electron chi connectivity index (χ3n) is 5.97. The van der Waals surface area contributed by atoms with Crippen LogP contribution in [0.2, 0.25) is 0 Å². The third kappa shape index (κ3) is 4.71. The van der Waals surface area contributed by atoms with Gasteiger partial charge in [0, 0.05) is 31.4 Å². The Bertz CT molecular complexity index is 1040. The van der Waals surface area contributed by atoms with Crippen molar-refractivity contribution < 1.29 is 14.0 Å². The Morgan fingerprint density at radius 2 is 1.74 bits per heavy atom. The third-order valence-corrected chi connectivity index (χ3v) is 5.97. The van der Waals surface area contributed by atoms with E-state index in [4.69, 9.17) is 4.42 Å². The van der Waals surface area contributed by atoms with E-state index in [1.807, 2.05) is 43.7 Å². The lowest BCUT2D eigenvalue weighted by Crippen LogP contribution is -2.50. The molecule has 1 atom stereocenters. The van der Waals surface area contributed by atoms with Gasteiger partial charge in [-0.15, -0.1) is 0 Å². The number of aromatic nitrogens is 2. The Morgan fingerprint density at radius 3 is 2.39 bits per heavy atom. The first kappa shape index (κ1) is 20.9. The van der Waals surface area contributed by atoms with Crippen LogP contribution in [0.3, 0.4) is 0 Å². The number of carbonyl (C=O) groups is 2. The normalized spacial score (nSPS) is 15.4. The van der Waals surface area contributed by atoms with Crippen LogP contribution in [0.25, 0.3) is 22.5 Å². The zero-order valence-corrected chi connectivity index (χ0v) is 17.9.